The summed E-state index contributed by atoms with van der Waals surface area (Å²) in [5, 5.41) is 18.3. The van der Waals surface area contributed by atoms with Gasteiger partial charge in [0.1, 0.15) is 0 Å². The lowest BCUT2D eigenvalue weighted by Gasteiger charge is -2.31. The van der Waals surface area contributed by atoms with Gasteiger partial charge in [-0.2, -0.15) is 0 Å². The summed E-state index contributed by atoms with van der Waals surface area (Å²) in [6.07, 6.45) is 12.2. The summed E-state index contributed by atoms with van der Waals surface area (Å²) >= 11 is 0. The van der Waals surface area contributed by atoms with E-state index in [-0.39, 0.29) is 12.2 Å². The summed E-state index contributed by atoms with van der Waals surface area (Å²) in [6.45, 7) is 3.48. The molecule has 0 radical (unpaired) electrons. The summed E-state index contributed by atoms with van der Waals surface area (Å²) in [6, 6.07) is 0. The average molecular weight is 300 g/mol. The number of hydrogen-bond donors (Lipinski definition) is 2. The Morgan fingerprint density at radius 2 is 1.24 bits per heavy atom. The molecule has 0 aliphatic carbocycles. The van der Waals surface area contributed by atoms with Crippen molar-refractivity contribution >= 4 is 0 Å². The highest BCUT2D eigenvalue weighted by Crippen LogP contribution is 2.26. The van der Waals surface area contributed by atoms with Crippen LogP contribution in [-0.4, -0.2) is 42.4 Å². The third kappa shape index (κ3) is 10.7. The maximum Gasteiger partial charge on any atom is 0.167 e. The molecule has 0 saturated heterocycles. The van der Waals surface area contributed by atoms with E-state index < -0.39 is 5.79 Å². The number of rotatable bonds is 12. The average Bonchev–Trinajstić information content (AvgIpc) is 2.44. The molecule has 2 unspecified atom stereocenters. The largest absolute Gasteiger partial charge is 0.389 e. The summed E-state index contributed by atoms with van der Waals surface area (Å²) in [4.78, 5) is 0. The SMILES string of the molecule is COC(CCC/C=C/C(C)O)(CCC/C=C/C(C)O)OC. The first-order valence-corrected chi connectivity index (χ1v) is 7.75. The summed E-state index contributed by atoms with van der Waals surface area (Å²) in [5.74, 6) is -0.530. The van der Waals surface area contributed by atoms with Crippen molar-refractivity contribution in [3.05, 3.63) is 24.3 Å². The second-order valence-electron chi connectivity index (χ2n) is 5.44. The number of unbranched alkanes of at least 4 members (excludes halogenated alkanes) is 2. The molecular weight excluding hydrogens is 268 g/mol. The molecule has 0 aromatic heterocycles. The first-order valence-electron chi connectivity index (χ1n) is 7.75. The van der Waals surface area contributed by atoms with Crippen molar-refractivity contribution in [3.63, 3.8) is 0 Å². The number of aliphatic hydroxyl groups is 2. The Balaban J connectivity index is 4.11. The third-order valence-corrected chi connectivity index (χ3v) is 3.43. The highest BCUT2D eigenvalue weighted by molar-refractivity contribution is 4.88. The van der Waals surface area contributed by atoms with Gasteiger partial charge in [0.25, 0.3) is 0 Å². The molecule has 0 amide bonds. The second kappa shape index (κ2) is 11.9. The molecule has 0 heterocycles. The summed E-state index contributed by atoms with van der Waals surface area (Å²) in [7, 11) is 3.36. The number of ether oxygens (including phenoxy) is 2. The molecule has 0 fully saturated rings. The lowest BCUT2D eigenvalue weighted by molar-refractivity contribution is -0.215. The summed E-state index contributed by atoms with van der Waals surface area (Å²) in [5.41, 5.74) is 0. The Bertz CT molecular complexity index is 265. The van der Waals surface area contributed by atoms with Crippen LogP contribution in [0.5, 0.6) is 0 Å². The Kier molecular flexibility index (Phi) is 11.5. The van der Waals surface area contributed by atoms with Gasteiger partial charge in [-0.3, -0.25) is 0 Å². The van der Waals surface area contributed by atoms with Crippen molar-refractivity contribution in [2.24, 2.45) is 0 Å². The number of aliphatic hydroxyl groups excluding tert-OH is 2. The minimum Gasteiger partial charge on any atom is -0.389 e. The third-order valence-electron chi connectivity index (χ3n) is 3.43. The standard InChI is InChI=1S/C17H32O4/c1-15(18)11-7-5-9-13-17(20-3,21-4)14-10-6-8-12-16(2)19/h7-8,11-12,15-16,18-19H,5-6,9-10,13-14H2,1-4H3/b11-7+,12-8+. The number of allylic oxidation sites excluding steroid dienone is 2. The molecule has 0 aromatic rings. The van der Waals surface area contributed by atoms with Crippen LogP contribution >= 0.6 is 0 Å². The Morgan fingerprint density at radius 3 is 1.52 bits per heavy atom. The highest BCUT2D eigenvalue weighted by Gasteiger charge is 2.27. The van der Waals surface area contributed by atoms with E-state index in [1.807, 2.05) is 12.2 Å². The van der Waals surface area contributed by atoms with Gasteiger partial charge in [-0.1, -0.05) is 24.3 Å². The molecule has 0 spiro atoms. The first-order chi connectivity index (χ1) is 9.95. The molecule has 2 N–H and O–H groups in total. The number of methoxy groups -OCH3 is 2. The van der Waals surface area contributed by atoms with E-state index in [0.29, 0.717) is 0 Å². The zero-order chi connectivity index (χ0) is 16.1. The maximum absolute atomic E-state index is 9.15. The van der Waals surface area contributed by atoms with Crippen LogP contribution < -0.4 is 0 Å². The van der Waals surface area contributed by atoms with Crippen LogP contribution in [0.3, 0.4) is 0 Å². The number of hydrogen-bond acceptors (Lipinski definition) is 4. The Labute approximate surface area is 129 Å². The van der Waals surface area contributed by atoms with Gasteiger partial charge in [-0.25, -0.2) is 0 Å². The minimum atomic E-state index is -0.530. The monoisotopic (exact) mass is 300 g/mol. The van der Waals surface area contributed by atoms with E-state index >= 15 is 0 Å². The van der Waals surface area contributed by atoms with E-state index in [2.05, 4.69) is 0 Å². The first kappa shape index (κ1) is 20.3. The molecule has 4 nitrogen and oxygen atoms in total. The van der Waals surface area contributed by atoms with E-state index in [9.17, 15) is 0 Å². The van der Waals surface area contributed by atoms with Crippen LogP contribution in [0.4, 0.5) is 0 Å². The van der Waals surface area contributed by atoms with Crippen molar-refractivity contribution in [1.29, 1.82) is 0 Å². The van der Waals surface area contributed by atoms with Crippen molar-refractivity contribution in [1.82, 2.24) is 0 Å². The van der Waals surface area contributed by atoms with Crippen molar-refractivity contribution in [3.8, 4) is 0 Å². The molecule has 124 valence electrons. The lowest BCUT2D eigenvalue weighted by Crippen LogP contribution is -2.33. The van der Waals surface area contributed by atoms with Gasteiger partial charge < -0.3 is 19.7 Å². The summed E-state index contributed by atoms with van der Waals surface area (Å²) < 4.78 is 11.1. The molecular formula is C17H32O4. The second-order valence-corrected chi connectivity index (χ2v) is 5.44. The van der Waals surface area contributed by atoms with Crippen molar-refractivity contribution in [2.45, 2.75) is 70.4 Å². The molecule has 0 aliphatic heterocycles. The minimum absolute atomic E-state index is 0.389. The smallest absolute Gasteiger partial charge is 0.167 e. The maximum atomic E-state index is 9.15. The van der Waals surface area contributed by atoms with Crippen LogP contribution in [0.2, 0.25) is 0 Å². The van der Waals surface area contributed by atoms with Crippen LogP contribution in [0.1, 0.15) is 52.4 Å². The zero-order valence-corrected chi connectivity index (χ0v) is 13.9. The fourth-order valence-corrected chi connectivity index (χ4v) is 2.18. The van der Waals surface area contributed by atoms with Crippen molar-refractivity contribution < 1.29 is 19.7 Å². The molecule has 0 bridgehead atoms. The highest BCUT2D eigenvalue weighted by atomic mass is 16.7. The van der Waals surface area contributed by atoms with Crippen LogP contribution in [0.15, 0.2) is 24.3 Å². The van der Waals surface area contributed by atoms with Crippen LogP contribution in [-0.2, 0) is 9.47 Å². The molecule has 0 rings (SSSR count). The molecule has 0 saturated carbocycles. The van der Waals surface area contributed by atoms with Gasteiger partial charge in [0.05, 0.1) is 12.2 Å². The fourth-order valence-electron chi connectivity index (χ4n) is 2.18. The van der Waals surface area contributed by atoms with Gasteiger partial charge >= 0.3 is 0 Å². The van der Waals surface area contributed by atoms with Gasteiger partial charge in [0, 0.05) is 27.1 Å². The van der Waals surface area contributed by atoms with Gasteiger partial charge in [0.2, 0.25) is 0 Å². The zero-order valence-electron chi connectivity index (χ0n) is 13.9. The van der Waals surface area contributed by atoms with E-state index in [1.54, 1.807) is 40.2 Å². The molecule has 0 aliphatic rings. The van der Waals surface area contributed by atoms with Crippen LogP contribution in [0, 0.1) is 0 Å². The van der Waals surface area contributed by atoms with Gasteiger partial charge in [0.15, 0.2) is 5.79 Å². The molecule has 0 aromatic carbocycles. The van der Waals surface area contributed by atoms with E-state index in [1.165, 1.54) is 0 Å². The lowest BCUT2D eigenvalue weighted by atomic mass is 10.0. The Morgan fingerprint density at radius 1 is 0.857 bits per heavy atom. The van der Waals surface area contributed by atoms with Crippen LogP contribution in [0.25, 0.3) is 0 Å². The molecule has 2 atom stereocenters. The van der Waals surface area contributed by atoms with Gasteiger partial charge in [-0.05, 0) is 39.5 Å². The van der Waals surface area contributed by atoms with E-state index in [4.69, 9.17) is 19.7 Å². The molecule has 4 heteroatoms. The molecule has 21 heavy (non-hydrogen) atoms. The van der Waals surface area contributed by atoms with Gasteiger partial charge in [-0.15, -0.1) is 0 Å². The fraction of sp³-hybridized carbons (Fsp3) is 0.765. The normalized spacial score (nSPS) is 15.9. The predicted octanol–water partition coefficient (Wildman–Crippen LogP) is 3.19. The topological polar surface area (TPSA) is 58.9 Å². The van der Waals surface area contributed by atoms with Crippen molar-refractivity contribution in [2.75, 3.05) is 14.2 Å². The predicted molar refractivity (Wildman–Crippen MR) is 86.1 cm³/mol. The Hall–Kier alpha value is -0.680. The quantitative estimate of drug-likeness (QED) is 0.330. The van der Waals surface area contributed by atoms with E-state index in [0.717, 1.165) is 38.5 Å².